The van der Waals surface area contributed by atoms with Gasteiger partial charge in [-0.05, 0) is 23.8 Å². The minimum Gasteiger partial charge on any atom is -0.384 e. The predicted molar refractivity (Wildman–Crippen MR) is 52.1 cm³/mol. The third-order valence-electron chi connectivity index (χ3n) is 1.99. The summed E-state index contributed by atoms with van der Waals surface area (Å²) in [5.74, 6) is 0.372. The third-order valence-corrected chi connectivity index (χ3v) is 1.99. The Balaban J connectivity index is 2.19. The molecule has 3 nitrogen and oxygen atoms in total. The molecule has 1 aromatic carbocycles. The van der Waals surface area contributed by atoms with E-state index in [9.17, 15) is 4.39 Å². The van der Waals surface area contributed by atoms with Crippen LogP contribution in [0.3, 0.4) is 0 Å². The van der Waals surface area contributed by atoms with Gasteiger partial charge in [0.05, 0.1) is 12.7 Å². The molecule has 0 saturated carbocycles. The van der Waals surface area contributed by atoms with Crippen LogP contribution < -0.4 is 5.73 Å². The van der Waals surface area contributed by atoms with Crippen molar-refractivity contribution in [3.63, 3.8) is 0 Å². The Bertz CT molecular complexity index is 419. The van der Waals surface area contributed by atoms with E-state index in [2.05, 4.69) is 5.10 Å². The lowest BCUT2D eigenvalue weighted by Crippen LogP contribution is -2.05. The average Bonchev–Trinajstić information content (AvgIpc) is 2.56. The van der Waals surface area contributed by atoms with E-state index in [-0.39, 0.29) is 5.82 Å². The molecule has 0 spiro atoms. The van der Waals surface area contributed by atoms with Crippen LogP contribution in [-0.2, 0) is 6.54 Å². The molecule has 2 rings (SSSR count). The Morgan fingerprint density at radius 1 is 1.21 bits per heavy atom. The zero-order valence-electron chi connectivity index (χ0n) is 7.52. The van der Waals surface area contributed by atoms with Crippen LogP contribution >= 0.6 is 0 Å². The topological polar surface area (TPSA) is 43.8 Å². The molecule has 4 heteroatoms. The molecule has 0 radical (unpaired) electrons. The summed E-state index contributed by atoms with van der Waals surface area (Å²) >= 11 is 0. The average molecular weight is 191 g/mol. The smallest absolute Gasteiger partial charge is 0.123 e. The minimum atomic E-state index is -0.234. The molecule has 72 valence electrons. The van der Waals surface area contributed by atoms with Gasteiger partial charge in [0.25, 0.3) is 0 Å². The zero-order chi connectivity index (χ0) is 9.97. The van der Waals surface area contributed by atoms with Gasteiger partial charge >= 0.3 is 0 Å². The number of rotatable bonds is 2. The van der Waals surface area contributed by atoms with E-state index in [1.165, 1.54) is 12.1 Å². The lowest BCUT2D eigenvalue weighted by molar-refractivity contribution is 0.625. The van der Waals surface area contributed by atoms with Crippen molar-refractivity contribution in [1.29, 1.82) is 0 Å². The fraction of sp³-hybridized carbons (Fsp3) is 0.100. The van der Waals surface area contributed by atoms with Crippen molar-refractivity contribution >= 4 is 5.82 Å². The largest absolute Gasteiger partial charge is 0.384 e. The molecule has 14 heavy (non-hydrogen) atoms. The second-order valence-electron chi connectivity index (χ2n) is 3.04. The first kappa shape index (κ1) is 8.74. The van der Waals surface area contributed by atoms with Crippen LogP contribution in [0.15, 0.2) is 36.5 Å². The molecule has 0 fully saturated rings. The molecular formula is C10H10FN3. The lowest BCUT2D eigenvalue weighted by Gasteiger charge is -2.03. The maximum atomic E-state index is 12.6. The third kappa shape index (κ3) is 1.74. The number of halogens is 1. The first-order valence-electron chi connectivity index (χ1n) is 4.27. The Labute approximate surface area is 81.0 Å². The van der Waals surface area contributed by atoms with Crippen molar-refractivity contribution in [3.8, 4) is 0 Å². The second-order valence-corrected chi connectivity index (χ2v) is 3.04. The predicted octanol–water partition coefficient (Wildman–Crippen LogP) is 1.65. The summed E-state index contributed by atoms with van der Waals surface area (Å²) in [6.07, 6.45) is 1.64. The molecular weight excluding hydrogens is 181 g/mol. The molecule has 1 aromatic heterocycles. The number of nitrogens with zero attached hydrogens (tertiary/aromatic N) is 2. The van der Waals surface area contributed by atoms with Gasteiger partial charge in [0.15, 0.2) is 0 Å². The molecule has 0 bridgehead atoms. The van der Waals surface area contributed by atoms with Crippen LogP contribution in [0.1, 0.15) is 5.56 Å². The Morgan fingerprint density at radius 2 is 1.93 bits per heavy atom. The fourth-order valence-electron chi connectivity index (χ4n) is 1.24. The van der Waals surface area contributed by atoms with Gasteiger partial charge in [-0.25, -0.2) is 9.07 Å². The molecule has 0 aliphatic carbocycles. The molecule has 2 N–H and O–H groups in total. The Hall–Kier alpha value is -1.84. The van der Waals surface area contributed by atoms with Crippen molar-refractivity contribution in [2.75, 3.05) is 5.73 Å². The summed E-state index contributed by atoms with van der Waals surface area (Å²) in [5.41, 5.74) is 6.62. The molecule has 0 atom stereocenters. The zero-order valence-corrected chi connectivity index (χ0v) is 7.52. The normalized spacial score (nSPS) is 10.4. The van der Waals surface area contributed by atoms with E-state index in [1.807, 2.05) is 0 Å². The standard InChI is InChI=1S/C10H10FN3/c11-9-3-1-8(2-4-9)7-14-10(12)5-6-13-14/h1-6H,7,12H2. The minimum absolute atomic E-state index is 0.234. The SMILES string of the molecule is Nc1ccnn1Cc1ccc(F)cc1. The number of benzene rings is 1. The van der Waals surface area contributed by atoms with Crippen LogP contribution in [0.2, 0.25) is 0 Å². The lowest BCUT2D eigenvalue weighted by atomic mass is 10.2. The number of hydrogen-bond acceptors (Lipinski definition) is 2. The van der Waals surface area contributed by atoms with Crippen molar-refractivity contribution in [1.82, 2.24) is 9.78 Å². The summed E-state index contributed by atoms with van der Waals surface area (Å²) < 4.78 is 14.3. The summed E-state index contributed by atoms with van der Waals surface area (Å²) in [5, 5.41) is 4.03. The molecule has 0 unspecified atom stereocenters. The highest BCUT2D eigenvalue weighted by Gasteiger charge is 1.99. The number of nitrogen functional groups attached to an aromatic ring is 1. The fourth-order valence-corrected chi connectivity index (χ4v) is 1.24. The van der Waals surface area contributed by atoms with Gasteiger partial charge in [-0.15, -0.1) is 0 Å². The number of anilines is 1. The van der Waals surface area contributed by atoms with Crippen LogP contribution in [0, 0.1) is 5.82 Å². The number of hydrogen-bond donors (Lipinski definition) is 1. The van der Waals surface area contributed by atoms with E-state index < -0.39 is 0 Å². The van der Waals surface area contributed by atoms with Gasteiger partial charge in [0, 0.05) is 0 Å². The summed E-state index contributed by atoms with van der Waals surface area (Å²) in [7, 11) is 0. The van der Waals surface area contributed by atoms with E-state index in [1.54, 1.807) is 29.1 Å². The highest BCUT2D eigenvalue weighted by atomic mass is 19.1. The molecule has 0 aliphatic rings. The first-order chi connectivity index (χ1) is 6.75. The molecule has 1 heterocycles. The highest BCUT2D eigenvalue weighted by Crippen LogP contribution is 2.07. The maximum Gasteiger partial charge on any atom is 0.123 e. The first-order valence-corrected chi connectivity index (χ1v) is 4.27. The van der Waals surface area contributed by atoms with Crippen LogP contribution in [0.5, 0.6) is 0 Å². The van der Waals surface area contributed by atoms with Crippen LogP contribution in [0.25, 0.3) is 0 Å². The van der Waals surface area contributed by atoms with Gasteiger partial charge in [-0.2, -0.15) is 5.10 Å². The van der Waals surface area contributed by atoms with Crippen LogP contribution in [0.4, 0.5) is 10.2 Å². The van der Waals surface area contributed by atoms with Gasteiger partial charge < -0.3 is 5.73 Å². The number of nitrogens with two attached hydrogens (primary N) is 1. The van der Waals surface area contributed by atoms with Gasteiger partial charge in [-0.1, -0.05) is 12.1 Å². The molecule has 0 amide bonds. The molecule has 0 saturated heterocycles. The molecule has 0 aliphatic heterocycles. The maximum absolute atomic E-state index is 12.6. The number of aromatic nitrogens is 2. The van der Waals surface area contributed by atoms with E-state index >= 15 is 0 Å². The van der Waals surface area contributed by atoms with Crippen molar-refractivity contribution in [2.45, 2.75) is 6.54 Å². The summed E-state index contributed by atoms with van der Waals surface area (Å²) in [4.78, 5) is 0. The molecule has 2 aromatic rings. The summed E-state index contributed by atoms with van der Waals surface area (Å²) in [6.45, 7) is 0.569. The summed E-state index contributed by atoms with van der Waals surface area (Å²) in [6, 6.07) is 8.01. The van der Waals surface area contributed by atoms with E-state index in [0.29, 0.717) is 12.4 Å². The van der Waals surface area contributed by atoms with Gasteiger partial charge in [0.2, 0.25) is 0 Å². The highest BCUT2D eigenvalue weighted by molar-refractivity contribution is 5.28. The van der Waals surface area contributed by atoms with Crippen molar-refractivity contribution in [3.05, 3.63) is 47.9 Å². The quantitative estimate of drug-likeness (QED) is 0.784. The van der Waals surface area contributed by atoms with Crippen LogP contribution in [-0.4, -0.2) is 9.78 Å². The second kappa shape index (κ2) is 3.49. The van der Waals surface area contributed by atoms with Crippen molar-refractivity contribution in [2.24, 2.45) is 0 Å². The monoisotopic (exact) mass is 191 g/mol. The van der Waals surface area contributed by atoms with Gasteiger partial charge in [-0.3, -0.25) is 0 Å². The Morgan fingerprint density at radius 3 is 2.50 bits per heavy atom. The van der Waals surface area contributed by atoms with E-state index in [4.69, 9.17) is 5.73 Å². The Kier molecular flexibility index (Phi) is 2.18. The van der Waals surface area contributed by atoms with E-state index in [0.717, 1.165) is 5.56 Å². The van der Waals surface area contributed by atoms with Gasteiger partial charge in [0.1, 0.15) is 11.6 Å². The van der Waals surface area contributed by atoms with Crippen molar-refractivity contribution < 1.29 is 4.39 Å².